The summed E-state index contributed by atoms with van der Waals surface area (Å²) in [6, 6.07) is 13.5. The molecule has 1 heterocycles. The van der Waals surface area contributed by atoms with Crippen molar-refractivity contribution in [1.82, 2.24) is 10.2 Å². The standard InChI is InChI=1S/C21H24ClFN2O.ClH/c22-19-8-4-3-7-18(19)20(25-13-5-1-2-6-14-25)15-24-21(26)16-9-11-17(23)12-10-16;/h3-4,7-12,20H,1-2,5-6,13-15H2,(H,24,26);1H. The van der Waals surface area contributed by atoms with Gasteiger partial charge in [0.05, 0.1) is 6.04 Å². The van der Waals surface area contributed by atoms with Crippen molar-refractivity contribution in [2.75, 3.05) is 19.6 Å². The number of hydrogen-bond acceptors (Lipinski definition) is 2. The Morgan fingerprint density at radius 1 is 1.04 bits per heavy atom. The molecule has 0 spiro atoms. The molecule has 1 unspecified atom stereocenters. The Bertz CT molecular complexity index is 731. The Morgan fingerprint density at radius 3 is 2.30 bits per heavy atom. The molecule has 27 heavy (non-hydrogen) atoms. The van der Waals surface area contributed by atoms with Crippen LogP contribution < -0.4 is 5.32 Å². The van der Waals surface area contributed by atoms with E-state index in [-0.39, 0.29) is 30.2 Å². The summed E-state index contributed by atoms with van der Waals surface area (Å²) >= 11 is 6.45. The van der Waals surface area contributed by atoms with Crippen LogP contribution in [0.3, 0.4) is 0 Å². The van der Waals surface area contributed by atoms with Gasteiger partial charge in [0.15, 0.2) is 0 Å². The molecule has 3 nitrogen and oxygen atoms in total. The first-order valence-corrected chi connectivity index (χ1v) is 9.55. The zero-order valence-electron chi connectivity index (χ0n) is 15.2. The fourth-order valence-corrected chi connectivity index (χ4v) is 3.74. The van der Waals surface area contributed by atoms with E-state index in [0.717, 1.165) is 36.5 Å². The van der Waals surface area contributed by atoms with Gasteiger partial charge in [-0.3, -0.25) is 9.69 Å². The van der Waals surface area contributed by atoms with Gasteiger partial charge in [-0.05, 0) is 61.8 Å². The summed E-state index contributed by atoms with van der Waals surface area (Å²) in [4.78, 5) is 14.9. The molecule has 1 N–H and O–H groups in total. The Hall–Kier alpha value is -1.62. The molecule has 1 aliphatic heterocycles. The summed E-state index contributed by atoms with van der Waals surface area (Å²) in [7, 11) is 0. The van der Waals surface area contributed by atoms with Gasteiger partial charge in [-0.1, -0.05) is 42.6 Å². The molecule has 1 amide bonds. The lowest BCUT2D eigenvalue weighted by atomic mass is 10.0. The molecule has 0 bridgehead atoms. The highest BCUT2D eigenvalue weighted by Crippen LogP contribution is 2.29. The van der Waals surface area contributed by atoms with Crippen molar-refractivity contribution in [3.63, 3.8) is 0 Å². The average Bonchev–Trinajstić information content (AvgIpc) is 2.93. The van der Waals surface area contributed by atoms with Crippen LogP contribution in [0.2, 0.25) is 5.02 Å². The first kappa shape index (κ1) is 21.7. The van der Waals surface area contributed by atoms with Crippen molar-refractivity contribution in [2.24, 2.45) is 0 Å². The summed E-state index contributed by atoms with van der Waals surface area (Å²) < 4.78 is 13.1. The number of carbonyl (C=O) groups is 1. The quantitative estimate of drug-likeness (QED) is 0.729. The molecular formula is C21H25Cl2FN2O. The molecule has 146 valence electrons. The highest BCUT2D eigenvalue weighted by Gasteiger charge is 2.24. The number of amides is 1. The van der Waals surface area contributed by atoms with Crippen LogP contribution in [0.25, 0.3) is 0 Å². The largest absolute Gasteiger partial charge is 0.350 e. The predicted octanol–water partition coefficient (Wildman–Crippen LogP) is 5.25. The lowest BCUT2D eigenvalue weighted by Gasteiger charge is -2.31. The molecule has 1 fully saturated rings. The maximum Gasteiger partial charge on any atom is 0.251 e. The van der Waals surface area contributed by atoms with Gasteiger partial charge in [0.2, 0.25) is 0 Å². The van der Waals surface area contributed by atoms with E-state index >= 15 is 0 Å². The topological polar surface area (TPSA) is 32.3 Å². The van der Waals surface area contributed by atoms with E-state index in [1.807, 2.05) is 24.3 Å². The molecule has 6 heteroatoms. The van der Waals surface area contributed by atoms with Gasteiger partial charge in [-0.25, -0.2) is 4.39 Å². The van der Waals surface area contributed by atoms with Crippen molar-refractivity contribution in [1.29, 1.82) is 0 Å². The van der Waals surface area contributed by atoms with E-state index < -0.39 is 0 Å². The molecule has 1 aliphatic rings. The number of halogens is 3. The number of rotatable bonds is 5. The Kier molecular flexibility index (Phi) is 8.55. The molecule has 2 aromatic rings. The Morgan fingerprint density at radius 2 is 1.67 bits per heavy atom. The summed E-state index contributed by atoms with van der Waals surface area (Å²) in [6.45, 7) is 2.48. The molecule has 3 rings (SSSR count). The zero-order valence-corrected chi connectivity index (χ0v) is 16.7. The smallest absolute Gasteiger partial charge is 0.251 e. The van der Waals surface area contributed by atoms with Crippen LogP contribution in [-0.2, 0) is 0 Å². The summed E-state index contributed by atoms with van der Waals surface area (Å²) in [5.41, 5.74) is 1.50. The monoisotopic (exact) mass is 410 g/mol. The predicted molar refractivity (Wildman–Crippen MR) is 110 cm³/mol. The highest BCUT2D eigenvalue weighted by molar-refractivity contribution is 6.31. The van der Waals surface area contributed by atoms with E-state index in [2.05, 4.69) is 10.2 Å². The maximum absolute atomic E-state index is 13.1. The molecular weight excluding hydrogens is 386 g/mol. The Labute approximate surface area is 171 Å². The van der Waals surface area contributed by atoms with Gasteiger partial charge in [0.1, 0.15) is 5.82 Å². The first-order chi connectivity index (χ1) is 12.6. The van der Waals surface area contributed by atoms with E-state index in [9.17, 15) is 9.18 Å². The highest BCUT2D eigenvalue weighted by atomic mass is 35.5. The van der Waals surface area contributed by atoms with Gasteiger partial charge >= 0.3 is 0 Å². The van der Waals surface area contributed by atoms with Crippen molar-refractivity contribution in [3.05, 3.63) is 70.5 Å². The Balaban J connectivity index is 0.00000261. The minimum Gasteiger partial charge on any atom is -0.350 e. The van der Waals surface area contributed by atoms with Crippen LogP contribution in [0, 0.1) is 5.82 Å². The molecule has 0 aromatic heterocycles. The van der Waals surface area contributed by atoms with E-state index in [1.165, 1.54) is 37.1 Å². The fraction of sp³-hybridized carbons (Fsp3) is 0.381. The normalized spacial score (nSPS) is 16.1. The van der Waals surface area contributed by atoms with Crippen molar-refractivity contribution >= 4 is 29.9 Å². The second kappa shape index (κ2) is 10.6. The van der Waals surface area contributed by atoms with E-state index in [0.29, 0.717) is 12.1 Å². The number of benzene rings is 2. The molecule has 0 radical (unpaired) electrons. The lowest BCUT2D eigenvalue weighted by Crippen LogP contribution is -2.38. The second-order valence-electron chi connectivity index (χ2n) is 6.70. The third-order valence-electron chi connectivity index (χ3n) is 4.91. The van der Waals surface area contributed by atoms with Crippen LogP contribution in [-0.4, -0.2) is 30.4 Å². The van der Waals surface area contributed by atoms with Gasteiger partial charge in [0, 0.05) is 17.1 Å². The lowest BCUT2D eigenvalue weighted by molar-refractivity contribution is 0.0933. The van der Waals surface area contributed by atoms with Gasteiger partial charge in [-0.15, -0.1) is 12.4 Å². The third kappa shape index (κ3) is 5.93. The number of hydrogen-bond donors (Lipinski definition) is 1. The van der Waals surface area contributed by atoms with E-state index in [1.54, 1.807) is 0 Å². The summed E-state index contributed by atoms with van der Waals surface area (Å²) in [5, 5.41) is 3.72. The SMILES string of the molecule is Cl.O=C(NCC(c1ccccc1Cl)N1CCCCCC1)c1ccc(F)cc1. The first-order valence-electron chi connectivity index (χ1n) is 9.17. The van der Waals surface area contributed by atoms with Gasteiger partial charge in [0.25, 0.3) is 5.91 Å². The third-order valence-corrected chi connectivity index (χ3v) is 5.25. The molecule has 2 aromatic carbocycles. The number of carbonyl (C=O) groups excluding carboxylic acids is 1. The summed E-state index contributed by atoms with van der Waals surface area (Å²) in [5.74, 6) is -0.545. The van der Waals surface area contributed by atoms with Crippen molar-refractivity contribution in [3.8, 4) is 0 Å². The second-order valence-corrected chi connectivity index (χ2v) is 7.11. The van der Waals surface area contributed by atoms with Gasteiger partial charge in [-0.2, -0.15) is 0 Å². The minimum atomic E-state index is -0.347. The number of nitrogens with one attached hydrogen (secondary N) is 1. The number of nitrogens with zero attached hydrogens (tertiary/aromatic N) is 1. The molecule has 0 aliphatic carbocycles. The minimum absolute atomic E-state index is 0. The van der Waals surface area contributed by atoms with Crippen LogP contribution in [0.1, 0.15) is 47.6 Å². The summed E-state index contributed by atoms with van der Waals surface area (Å²) in [6.07, 6.45) is 4.81. The van der Waals surface area contributed by atoms with Crippen molar-refractivity contribution in [2.45, 2.75) is 31.7 Å². The zero-order chi connectivity index (χ0) is 18.4. The van der Waals surface area contributed by atoms with Gasteiger partial charge < -0.3 is 5.32 Å². The average molecular weight is 411 g/mol. The number of likely N-dealkylation sites (tertiary alicyclic amines) is 1. The maximum atomic E-state index is 13.1. The van der Waals surface area contributed by atoms with Crippen LogP contribution in [0.5, 0.6) is 0 Å². The van der Waals surface area contributed by atoms with Crippen LogP contribution in [0.4, 0.5) is 4.39 Å². The van der Waals surface area contributed by atoms with Crippen LogP contribution in [0.15, 0.2) is 48.5 Å². The van der Waals surface area contributed by atoms with E-state index in [4.69, 9.17) is 11.6 Å². The van der Waals surface area contributed by atoms with Crippen LogP contribution >= 0.6 is 24.0 Å². The molecule has 1 atom stereocenters. The molecule has 0 saturated carbocycles. The fourth-order valence-electron chi connectivity index (χ4n) is 3.48. The molecule has 1 saturated heterocycles. The van der Waals surface area contributed by atoms with Crippen molar-refractivity contribution < 1.29 is 9.18 Å².